The molecule has 0 spiro atoms. The normalized spacial score (nSPS) is 12.5. The van der Waals surface area contributed by atoms with E-state index in [0.717, 1.165) is 16.7 Å². The summed E-state index contributed by atoms with van der Waals surface area (Å²) in [4.78, 5) is 0. The summed E-state index contributed by atoms with van der Waals surface area (Å²) in [6.45, 7) is 3.98. The van der Waals surface area contributed by atoms with Crippen LogP contribution in [0.4, 0.5) is 4.39 Å². The Morgan fingerprint density at radius 1 is 0.895 bits per heavy atom. The number of benzene rings is 2. The van der Waals surface area contributed by atoms with E-state index in [4.69, 9.17) is 34.8 Å². The molecule has 19 heavy (non-hydrogen) atoms. The standard InChI is InChI=1S/C15H12Cl3F/c1-8-5-12(13(16)6-9(8)2)15(18)11-4-3-10(19)7-14(11)17/h3-7,15H,1-2H3. The fourth-order valence-electron chi connectivity index (χ4n) is 1.87. The van der Waals surface area contributed by atoms with Crippen LogP contribution in [-0.2, 0) is 0 Å². The predicted molar refractivity (Wildman–Crippen MR) is 80.0 cm³/mol. The van der Waals surface area contributed by atoms with Gasteiger partial charge >= 0.3 is 0 Å². The number of hydrogen-bond donors (Lipinski definition) is 0. The van der Waals surface area contributed by atoms with E-state index >= 15 is 0 Å². The Hall–Kier alpha value is -0.760. The van der Waals surface area contributed by atoms with Gasteiger partial charge in [0.25, 0.3) is 0 Å². The second kappa shape index (κ2) is 5.70. The van der Waals surface area contributed by atoms with Gasteiger partial charge in [0.1, 0.15) is 5.82 Å². The van der Waals surface area contributed by atoms with Crippen LogP contribution in [0.5, 0.6) is 0 Å². The van der Waals surface area contributed by atoms with Gasteiger partial charge in [0.05, 0.1) is 5.38 Å². The Morgan fingerprint density at radius 2 is 1.47 bits per heavy atom. The highest BCUT2D eigenvalue weighted by molar-refractivity contribution is 6.35. The topological polar surface area (TPSA) is 0 Å². The summed E-state index contributed by atoms with van der Waals surface area (Å²) < 4.78 is 13.1. The van der Waals surface area contributed by atoms with Gasteiger partial charge in [-0.25, -0.2) is 4.39 Å². The van der Waals surface area contributed by atoms with E-state index in [9.17, 15) is 4.39 Å². The summed E-state index contributed by atoms with van der Waals surface area (Å²) in [6.07, 6.45) is 0. The summed E-state index contributed by atoms with van der Waals surface area (Å²) in [5.41, 5.74) is 3.63. The minimum atomic E-state index is -0.500. The molecule has 0 radical (unpaired) electrons. The van der Waals surface area contributed by atoms with Gasteiger partial charge in [-0.15, -0.1) is 11.6 Å². The quantitative estimate of drug-likeness (QED) is 0.589. The number of halogens is 4. The van der Waals surface area contributed by atoms with Crippen LogP contribution in [0.25, 0.3) is 0 Å². The summed E-state index contributed by atoms with van der Waals surface area (Å²) in [7, 11) is 0. The SMILES string of the molecule is Cc1cc(Cl)c(C(Cl)c2ccc(F)cc2Cl)cc1C. The molecule has 100 valence electrons. The van der Waals surface area contributed by atoms with E-state index in [-0.39, 0.29) is 5.82 Å². The molecule has 1 unspecified atom stereocenters. The van der Waals surface area contributed by atoms with Gasteiger partial charge in [0.15, 0.2) is 0 Å². The molecule has 0 aromatic heterocycles. The average Bonchev–Trinajstić information content (AvgIpc) is 2.33. The van der Waals surface area contributed by atoms with Crippen molar-refractivity contribution >= 4 is 34.8 Å². The van der Waals surface area contributed by atoms with Crippen LogP contribution in [0.15, 0.2) is 30.3 Å². The second-order valence-corrected chi connectivity index (χ2v) is 5.74. The van der Waals surface area contributed by atoms with Crippen molar-refractivity contribution in [2.75, 3.05) is 0 Å². The Kier molecular flexibility index (Phi) is 4.39. The van der Waals surface area contributed by atoms with Crippen molar-refractivity contribution in [1.82, 2.24) is 0 Å². The molecule has 1 atom stereocenters. The minimum absolute atomic E-state index is 0.300. The molecule has 0 saturated carbocycles. The molecule has 0 amide bonds. The van der Waals surface area contributed by atoms with E-state index in [2.05, 4.69) is 0 Å². The number of rotatable bonds is 2. The zero-order valence-corrected chi connectivity index (χ0v) is 12.7. The molecule has 0 aliphatic carbocycles. The van der Waals surface area contributed by atoms with Crippen molar-refractivity contribution in [2.24, 2.45) is 0 Å². The van der Waals surface area contributed by atoms with Crippen molar-refractivity contribution in [1.29, 1.82) is 0 Å². The van der Waals surface area contributed by atoms with E-state index in [1.807, 2.05) is 26.0 Å². The number of aryl methyl sites for hydroxylation is 2. The molecule has 0 nitrogen and oxygen atoms in total. The van der Waals surface area contributed by atoms with Crippen LogP contribution in [0.1, 0.15) is 27.6 Å². The van der Waals surface area contributed by atoms with E-state index in [1.165, 1.54) is 12.1 Å². The van der Waals surface area contributed by atoms with Crippen LogP contribution in [0, 0.1) is 19.7 Å². The first kappa shape index (κ1) is 14.6. The van der Waals surface area contributed by atoms with Crippen LogP contribution >= 0.6 is 34.8 Å². The molecule has 0 heterocycles. The molecule has 2 aromatic rings. The highest BCUT2D eigenvalue weighted by Gasteiger charge is 2.18. The summed E-state index contributed by atoms with van der Waals surface area (Å²) in [6, 6.07) is 7.99. The van der Waals surface area contributed by atoms with E-state index in [1.54, 1.807) is 6.07 Å². The second-order valence-electron chi connectivity index (χ2n) is 4.49. The van der Waals surface area contributed by atoms with Crippen LogP contribution in [0.3, 0.4) is 0 Å². The third-order valence-electron chi connectivity index (χ3n) is 3.12. The maximum absolute atomic E-state index is 13.1. The highest BCUT2D eigenvalue weighted by Crippen LogP contribution is 2.38. The smallest absolute Gasteiger partial charge is 0.124 e. The van der Waals surface area contributed by atoms with Crippen LogP contribution in [0.2, 0.25) is 10.0 Å². The van der Waals surface area contributed by atoms with Gasteiger partial charge in [-0.1, -0.05) is 35.3 Å². The average molecular weight is 318 g/mol. The van der Waals surface area contributed by atoms with Gasteiger partial charge in [-0.3, -0.25) is 0 Å². The Labute approximate surface area is 127 Å². The molecule has 0 bridgehead atoms. The third kappa shape index (κ3) is 3.05. The molecule has 0 N–H and O–H groups in total. The first-order valence-corrected chi connectivity index (χ1v) is 6.95. The Balaban J connectivity index is 2.49. The summed E-state index contributed by atoms with van der Waals surface area (Å²) in [5.74, 6) is -0.385. The lowest BCUT2D eigenvalue weighted by molar-refractivity contribution is 0.627. The monoisotopic (exact) mass is 316 g/mol. The van der Waals surface area contributed by atoms with Gasteiger partial charge < -0.3 is 0 Å². The zero-order chi connectivity index (χ0) is 14.2. The molecule has 4 heteroatoms. The third-order valence-corrected chi connectivity index (χ3v) is 4.25. The lowest BCUT2D eigenvalue weighted by atomic mass is 10.00. The zero-order valence-electron chi connectivity index (χ0n) is 10.5. The molecule has 0 saturated heterocycles. The highest BCUT2D eigenvalue weighted by atomic mass is 35.5. The Morgan fingerprint density at radius 3 is 2.11 bits per heavy atom. The van der Waals surface area contributed by atoms with Gasteiger partial charge in [0, 0.05) is 10.0 Å². The first-order chi connectivity index (χ1) is 8.90. The number of hydrogen-bond acceptors (Lipinski definition) is 0. The molecule has 0 fully saturated rings. The largest absolute Gasteiger partial charge is 0.207 e. The van der Waals surface area contributed by atoms with Gasteiger partial charge in [0.2, 0.25) is 0 Å². The summed E-state index contributed by atoms with van der Waals surface area (Å²) in [5, 5.41) is 0.387. The molecule has 2 aromatic carbocycles. The molecule has 0 aliphatic rings. The van der Waals surface area contributed by atoms with Crippen LogP contribution in [-0.4, -0.2) is 0 Å². The van der Waals surface area contributed by atoms with Crippen LogP contribution < -0.4 is 0 Å². The lowest BCUT2D eigenvalue weighted by Gasteiger charge is -2.15. The summed E-state index contributed by atoms with van der Waals surface area (Å²) >= 11 is 18.7. The van der Waals surface area contributed by atoms with E-state index in [0.29, 0.717) is 15.6 Å². The maximum Gasteiger partial charge on any atom is 0.124 e. The van der Waals surface area contributed by atoms with Crippen molar-refractivity contribution in [3.63, 3.8) is 0 Å². The lowest BCUT2D eigenvalue weighted by Crippen LogP contribution is -1.98. The maximum atomic E-state index is 13.1. The fourth-order valence-corrected chi connectivity index (χ4v) is 2.96. The molecule has 2 rings (SSSR count). The van der Waals surface area contributed by atoms with Gasteiger partial charge in [-0.05, 0) is 54.3 Å². The van der Waals surface area contributed by atoms with Crippen molar-refractivity contribution in [2.45, 2.75) is 19.2 Å². The molecule has 0 aliphatic heterocycles. The Bertz CT molecular complexity index is 623. The van der Waals surface area contributed by atoms with Crippen molar-refractivity contribution < 1.29 is 4.39 Å². The fraction of sp³-hybridized carbons (Fsp3) is 0.200. The van der Waals surface area contributed by atoms with E-state index < -0.39 is 5.38 Å². The number of alkyl halides is 1. The predicted octanol–water partition coefficient (Wildman–Crippen LogP) is 6.08. The molecular formula is C15H12Cl3F. The van der Waals surface area contributed by atoms with Crippen molar-refractivity contribution in [3.8, 4) is 0 Å². The minimum Gasteiger partial charge on any atom is -0.207 e. The van der Waals surface area contributed by atoms with Gasteiger partial charge in [-0.2, -0.15) is 0 Å². The molecular weight excluding hydrogens is 306 g/mol. The van der Waals surface area contributed by atoms with Crippen molar-refractivity contribution in [3.05, 3.63) is 68.4 Å². The first-order valence-electron chi connectivity index (χ1n) is 5.76.